The Hall–Kier alpha value is -4.46. The van der Waals surface area contributed by atoms with E-state index in [2.05, 4.69) is 26.2 Å². The number of hydrogen-bond acceptors (Lipinski definition) is 7. The summed E-state index contributed by atoms with van der Waals surface area (Å²) in [7, 11) is 1.66. The van der Waals surface area contributed by atoms with Gasteiger partial charge in [-0.2, -0.15) is 0 Å². The summed E-state index contributed by atoms with van der Waals surface area (Å²) in [6.45, 7) is 5.77. The van der Waals surface area contributed by atoms with Crippen molar-refractivity contribution in [2.75, 3.05) is 7.11 Å². The molecule has 8 nitrogen and oxygen atoms in total. The number of H-pyrrole nitrogens is 1. The molecule has 0 aliphatic carbocycles. The standard InChI is InChI=1S/C26H21N5O3/c1-13-22(15(3)34-31-13)18-9-20-17(10-21(18)32-4)24-25(28-12-29-26(24)30-20)23-14(2)33-11-19(23)16-5-7-27-8-6-16/h5-12H,1-4H3,(H,28,29,30). The van der Waals surface area contributed by atoms with Crippen LogP contribution in [0.4, 0.5) is 0 Å². The summed E-state index contributed by atoms with van der Waals surface area (Å²) in [6, 6.07) is 7.99. The summed E-state index contributed by atoms with van der Waals surface area (Å²) in [4.78, 5) is 16.8. The summed E-state index contributed by atoms with van der Waals surface area (Å²) in [5, 5.41) is 5.97. The van der Waals surface area contributed by atoms with E-state index >= 15 is 0 Å². The number of aryl methyl sites for hydroxylation is 3. The van der Waals surface area contributed by atoms with Crippen LogP contribution in [-0.4, -0.2) is 32.2 Å². The zero-order chi connectivity index (χ0) is 23.4. The number of furan rings is 1. The van der Waals surface area contributed by atoms with E-state index in [9.17, 15) is 0 Å². The first-order valence-corrected chi connectivity index (χ1v) is 10.8. The highest BCUT2D eigenvalue weighted by Gasteiger charge is 2.23. The van der Waals surface area contributed by atoms with Crippen LogP contribution in [0.5, 0.6) is 5.75 Å². The second-order valence-corrected chi connectivity index (χ2v) is 8.18. The van der Waals surface area contributed by atoms with Gasteiger partial charge in [-0.3, -0.25) is 4.98 Å². The largest absolute Gasteiger partial charge is 0.496 e. The highest BCUT2D eigenvalue weighted by molar-refractivity contribution is 6.14. The minimum Gasteiger partial charge on any atom is -0.496 e. The lowest BCUT2D eigenvalue weighted by molar-refractivity contribution is 0.393. The Balaban J connectivity index is 1.65. The molecule has 0 saturated heterocycles. The Morgan fingerprint density at radius 1 is 0.941 bits per heavy atom. The Morgan fingerprint density at radius 3 is 2.50 bits per heavy atom. The summed E-state index contributed by atoms with van der Waals surface area (Å²) in [6.07, 6.45) is 6.87. The van der Waals surface area contributed by atoms with E-state index in [4.69, 9.17) is 18.7 Å². The molecule has 8 heteroatoms. The maximum absolute atomic E-state index is 5.85. The van der Waals surface area contributed by atoms with Gasteiger partial charge in [-0.25, -0.2) is 9.97 Å². The normalized spacial score (nSPS) is 11.5. The molecule has 0 amide bonds. The second kappa shape index (κ2) is 7.55. The zero-order valence-electron chi connectivity index (χ0n) is 19.1. The second-order valence-electron chi connectivity index (χ2n) is 8.18. The predicted molar refractivity (Wildman–Crippen MR) is 129 cm³/mol. The van der Waals surface area contributed by atoms with Gasteiger partial charge < -0.3 is 18.7 Å². The van der Waals surface area contributed by atoms with Gasteiger partial charge in [0.2, 0.25) is 0 Å². The lowest BCUT2D eigenvalue weighted by atomic mass is 9.97. The van der Waals surface area contributed by atoms with Crippen LogP contribution in [0, 0.1) is 20.8 Å². The van der Waals surface area contributed by atoms with Crippen molar-refractivity contribution in [2.24, 2.45) is 0 Å². The minimum absolute atomic E-state index is 0.718. The van der Waals surface area contributed by atoms with E-state index in [1.54, 1.807) is 32.1 Å². The molecule has 34 heavy (non-hydrogen) atoms. The Bertz CT molecular complexity index is 1660. The van der Waals surface area contributed by atoms with E-state index in [1.165, 1.54) is 0 Å². The highest BCUT2D eigenvalue weighted by atomic mass is 16.5. The number of nitrogens with zero attached hydrogens (tertiary/aromatic N) is 4. The fraction of sp³-hybridized carbons (Fsp3) is 0.154. The van der Waals surface area contributed by atoms with Gasteiger partial charge in [0.05, 0.1) is 41.3 Å². The molecule has 6 rings (SSSR count). The summed E-state index contributed by atoms with van der Waals surface area (Å²) < 4.78 is 17.1. The van der Waals surface area contributed by atoms with E-state index in [1.807, 2.05) is 39.0 Å². The number of pyridine rings is 1. The fourth-order valence-electron chi connectivity index (χ4n) is 4.67. The van der Waals surface area contributed by atoms with Crippen molar-refractivity contribution in [1.82, 2.24) is 25.1 Å². The number of fused-ring (bicyclic) bond motifs is 3. The Labute approximate surface area is 194 Å². The summed E-state index contributed by atoms with van der Waals surface area (Å²) in [5.74, 6) is 2.24. The van der Waals surface area contributed by atoms with Crippen molar-refractivity contribution < 1.29 is 13.7 Å². The van der Waals surface area contributed by atoms with Crippen molar-refractivity contribution in [3.63, 3.8) is 0 Å². The van der Waals surface area contributed by atoms with Gasteiger partial charge >= 0.3 is 0 Å². The van der Waals surface area contributed by atoms with Crippen LogP contribution in [0.3, 0.4) is 0 Å². The van der Waals surface area contributed by atoms with Gasteiger partial charge in [0.15, 0.2) is 0 Å². The van der Waals surface area contributed by atoms with Crippen molar-refractivity contribution in [3.8, 4) is 39.3 Å². The molecule has 1 N–H and O–H groups in total. The first-order chi connectivity index (χ1) is 16.6. The molecule has 0 saturated carbocycles. The number of aromatic amines is 1. The molecule has 0 fully saturated rings. The third-order valence-corrected chi connectivity index (χ3v) is 6.22. The maximum Gasteiger partial charge on any atom is 0.142 e. The van der Waals surface area contributed by atoms with Crippen molar-refractivity contribution in [2.45, 2.75) is 20.8 Å². The maximum atomic E-state index is 5.85. The molecular weight excluding hydrogens is 430 g/mol. The molecule has 5 heterocycles. The van der Waals surface area contributed by atoms with E-state index < -0.39 is 0 Å². The van der Waals surface area contributed by atoms with Gasteiger partial charge in [-0.05, 0) is 50.6 Å². The predicted octanol–water partition coefficient (Wildman–Crippen LogP) is 6.02. The fourth-order valence-corrected chi connectivity index (χ4v) is 4.67. The van der Waals surface area contributed by atoms with Gasteiger partial charge in [-0.1, -0.05) is 5.16 Å². The molecule has 5 aromatic heterocycles. The first kappa shape index (κ1) is 20.2. The molecule has 0 unspecified atom stereocenters. The molecular formula is C26H21N5O3. The lowest BCUT2D eigenvalue weighted by Gasteiger charge is -2.10. The number of nitrogens with one attached hydrogen (secondary N) is 1. The molecule has 0 spiro atoms. The molecule has 0 bridgehead atoms. The van der Waals surface area contributed by atoms with Crippen LogP contribution < -0.4 is 4.74 Å². The van der Waals surface area contributed by atoms with E-state index in [0.717, 1.165) is 78.4 Å². The summed E-state index contributed by atoms with van der Waals surface area (Å²) >= 11 is 0. The van der Waals surface area contributed by atoms with Crippen LogP contribution in [-0.2, 0) is 0 Å². The van der Waals surface area contributed by atoms with Crippen LogP contribution in [0.2, 0.25) is 0 Å². The first-order valence-electron chi connectivity index (χ1n) is 10.8. The molecule has 0 aliphatic heterocycles. The van der Waals surface area contributed by atoms with Gasteiger partial charge in [0.25, 0.3) is 0 Å². The number of aromatic nitrogens is 5. The number of hydrogen-bond donors (Lipinski definition) is 1. The molecule has 0 radical (unpaired) electrons. The highest BCUT2D eigenvalue weighted by Crippen LogP contribution is 2.43. The van der Waals surface area contributed by atoms with Gasteiger partial charge in [0, 0.05) is 34.4 Å². The van der Waals surface area contributed by atoms with Crippen molar-refractivity contribution in [3.05, 3.63) is 66.5 Å². The van der Waals surface area contributed by atoms with E-state index in [-0.39, 0.29) is 0 Å². The Morgan fingerprint density at radius 2 is 1.76 bits per heavy atom. The third kappa shape index (κ3) is 2.92. The number of ether oxygens (including phenoxy) is 1. The third-order valence-electron chi connectivity index (χ3n) is 6.22. The van der Waals surface area contributed by atoms with Crippen LogP contribution in [0.1, 0.15) is 17.2 Å². The minimum atomic E-state index is 0.718. The van der Waals surface area contributed by atoms with Crippen molar-refractivity contribution in [1.29, 1.82) is 0 Å². The molecule has 6 aromatic rings. The number of rotatable bonds is 4. The van der Waals surface area contributed by atoms with Gasteiger partial charge in [0.1, 0.15) is 29.2 Å². The molecule has 0 aliphatic rings. The lowest BCUT2D eigenvalue weighted by Crippen LogP contribution is -1.91. The van der Waals surface area contributed by atoms with Crippen molar-refractivity contribution >= 4 is 21.9 Å². The average molecular weight is 451 g/mol. The zero-order valence-corrected chi connectivity index (χ0v) is 19.1. The topological polar surface area (TPSA) is 103 Å². The number of methoxy groups -OCH3 is 1. The van der Waals surface area contributed by atoms with Crippen LogP contribution in [0.15, 0.2) is 58.2 Å². The van der Waals surface area contributed by atoms with Crippen LogP contribution in [0.25, 0.3) is 55.4 Å². The quantitative estimate of drug-likeness (QED) is 0.349. The smallest absolute Gasteiger partial charge is 0.142 e. The SMILES string of the molecule is COc1cc2c(cc1-c1c(C)noc1C)[nH]c1ncnc(-c3c(-c4ccncc4)coc3C)c12. The van der Waals surface area contributed by atoms with Gasteiger partial charge in [-0.15, -0.1) is 0 Å². The van der Waals surface area contributed by atoms with Crippen LogP contribution >= 0.6 is 0 Å². The monoisotopic (exact) mass is 451 g/mol. The molecule has 1 aromatic carbocycles. The number of benzene rings is 1. The molecule has 0 atom stereocenters. The van der Waals surface area contributed by atoms with E-state index in [0.29, 0.717) is 0 Å². The summed E-state index contributed by atoms with van der Waals surface area (Å²) in [5.41, 5.74) is 7.97. The Kier molecular flexibility index (Phi) is 4.48. The molecule has 168 valence electrons. The average Bonchev–Trinajstić information content (AvgIpc) is 3.52.